The van der Waals surface area contributed by atoms with Crippen molar-refractivity contribution >= 4 is 11.8 Å². The predicted molar refractivity (Wildman–Crippen MR) is 91.3 cm³/mol. The van der Waals surface area contributed by atoms with Crippen LogP contribution in [0.4, 0.5) is 0 Å². The Morgan fingerprint density at radius 3 is 2.68 bits per heavy atom. The molecule has 8 nitrogen and oxygen atoms in total. The molecule has 1 saturated carbocycles. The summed E-state index contributed by atoms with van der Waals surface area (Å²) in [5, 5.41) is 14.1. The molecule has 1 aromatic heterocycles. The maximum absolute atomic E-state index is 12.5. The van der Waals surface area contributed by atoms with Crippen LogP contribution in [0.3, 0.4) is 0 Å². The predicted octanol–water partition coefficient (Wildman–Crippen LogP) is 0.628. The van der Waals surface area contributed by atoms with Crippen LogP contribution in [0.2, 0.25) is 0 Å². The van der Waals surface area contributed by atoms with E-state index < -0.39 is 0 Å². The monoisotopic (exact) mass is 348 g/mol. The molecule has 0 aromatic carbocycles. The topological polar surface area (TPSA) is 93.0 Å². The Balaban J connectivity index is 1.54. The molecule has 3 atom stereocenters. The molecule has 1 aliphatic heterocycles. The first-order valence-corrected chi connectivity index (χ1v) is 9.06. The number of likely N-dealkylation sites (tertiary alicyclic amines) is 1. The van der Waals surface area contributed by atoms with Crippen molar-refractivity contribution in [3.8, 4) is 0 Å². The molecule has 3 rings (SSSR count). The van der Waals surface area contributed by atoms with Crippen LogP contribution < -0.4 is 5.32 Å². The summed E-state index contributed by atoms with van der Waals surface area (Å²) >= 11 is 0. The molecule has 138 valence electrons. The summed E-state index contributed by atoms with van der Waals surface area (Å²) in [6.45, 7) is 10.6. The van der Waals surface area contributed by atoms with Gasteiger partial charge in [0, 0.05) is 25.6 Å². The number of nitrogens with zero attached hydrogens (tertiary/aromatic N) is 5. The highest BCUT2D eigenvalue weighted by molar-refractivity contribution is 5.81. The average molecular weight is 348 g/mol. The maximum Gasteiger partial charge on any atom is 0.241 e. The van der Waals surface area contributed by atoms with Gasteiger partial charge in [0.05, 0.1) is 0 Å². The lowest BCUT2D eigenvalue weighted by Crippen LogP contribution is -2.51. The number of carbonyl (C=O) groups is 2. The van der Waals surface area contributed by atoms with Crippen LogP contribution in [0, 0.1) is 30.1 Å². The minimum absolute atomic E-state index is 0.101. The molecule has 1 aromatic rings. The fraction of sp³-hybridized carbons (Fsp3) is 0.824. The number of carbonyl (C=O) groups excluding carboxylic acids is 2. The second-order valence-corrected chi connectivity index (χ2v) is 8.23. The molecule has 2 heterocycles. The highest BCUT2D eigenvalue weighted by Crippen LogP contribution is 2.42. The normalized spacial score (nSPS) is 27.8. The molecule has 2 amide bonds. The first-order chi connectivity index (χ1) is 11.8. The summed E-state index contributed by atoms with van der Waals surface area (Å²) in [6.07, 6.45) is 1.98. The van der Waals surface area contributed by atoms with E-state index in [1.165, 1.54) is 4.68 Å². The molecule has 0 bridgehead atoms. The zero-order chi connectivity index (χ0) is 18.2. The lowest BCUT2D eigenvalue weighted by molar-refractivity contribution is -0.136. The third-order valence-electron chi connectivity index (χ3n) is 5.86. The van der Waals surface area contributed by atoms with Crippen molar-refractivity contribution in [3.63, 3.8) is 0 Å². The average Bonchev–Trinajstić information content (AvgIpc) is 3.15. The number of hydrogen-bond donors (Lipinski definition) is 1. The van der Waals surface area contributed by atoms with Gasteiger partial charge in [0.15, 0.2) is 0 Å². The van der Waals surface area contributed by atoms with Gasteiger partial charge in [-0.1, -0.05) is 20.8 Å². The summed E-state index contributed by atoms with van der Waals surface area (Å²) in [5.41, 5.74) is 0.101. The van der Waals surface area contributed by atoms with Crippen LogP contribution in [0.5, 0.6) is 0 Å². The van der Waals surface area contributed by atoms with E-state index in [0.29, 0.717) is 24.2 Å². The van der Waals surface area contributed by atoms with Gasteiger partial charge in [-0.15, -0.1) is 5.10 Å². The van der Waals surface area contributed by atoms with E-state index in [-0.39, 0.29) is 29.7 Å². The van der Waals surface area contributed by atoms with E-state index >= 15 is 0 Å². The molecule has 0 radical (unpaired) electrons. The Kier molecular flexibility index (Phi) is 4.79. The summed E-state index contributed by atoms with van der Waals surface area (Å²) < 4.78 is 1.48. The van der Waals surface area contributed by atoms with E-state index in [2.05, 4.69) is 41.6 Å². The number of rotatable bonds is 5. The molecule has 0 spiro atoms. The van der Waals surface area contributed by atoms with Crippen molar-refractivity contribution < 1.29 is 9.59 Å². The second kappa shape index (κ2) is 6.72. The third kappa shape index (κ3) is 3.99. The first-order valence-electron chi connectivity index (χ1n) is 9.06. The molecule has 2 fully saturated rings. The van der Waals surface area contributed by atoms with Crippen molar-refractivity contribution in [2.24, 2.45) is 23.2 Å². The van der Waals surface area contributed by atoms with Gasteiger partial charge >= 0.3 is 0 Å². The number of piperidine rings is 1. The SMILES string of the molecule is Cc1nnnn1CC(=O)NCC1CN(C(=O)[C@@H]2C[C@H]2C)CCC1(C)C. The van der Waals surface area contributed by atoms with Crippen molar-refractivity contribution in [3.05, 3.63) is 5.82 Å². The number of nitrogens with one attached hydrogen (secondary N) is 1. The lowest BCUT2D eigenvalue weighted by Gasteiger charge is -2.44. The third-order valence-corrected chi connectivity index (χ3v) is 5.86. The molecule has 8 heteroatoms. The van der Waals surface area contributed by atoms with Crippen molar-refractivity contribution in [1.82, 2.24) is 30.4 Å². The van der Waals surface area contributed by atoms with Crippen LogP contribution in [-0.4, -0.2) is 56.6 Å². The molecule has 25 heavy (non-hydrogen) atoms. The number of hydrogen-bond acceptors (Lipinski definition) is 5. The highest BCUT2D eigenvalue weighted by atomic mass is 16.2. The second-order valence-electron chi connectivity index (χ2n) is 8.23. The molecule has 1 saturated heterocycles. The van der Waals surface area contributed by atoms with E-state index in [1.807, 2.05) is 4.90 Å². The lowest BCUT2D eigenvalue weighted by atomic mass is 9.73. The number of tetrazole rings is 1. The van der Waals surface area contributed by atoms with Gasteiger partial charge in [-0.25, -0.2) is 4.68 Å². The molecule has 1 unspecified atom stereocenters. The summed E-state index contributed by atoms with van der Waals surface area (Å²) in [7, 11) is 0. The van der Waals surface area contributed by atoms with Gasteiger partial charge in [0.2, 0.25) is 11.8 Å². The Morgan fingerprint density at radius 2 is 2.08 bits per heavy atom. The Bertz CT molecular complexity index is 655. The number of aromatic nitrogens is 4. The summed E-state index contributed by atoms with van der Waals surface area (Å²) in [6, 6.07) is 0. The molecule has 1 N–H and O–H groups in total. The van der Waals surface area contributed by atoms with Crippen LogP contribution in [0.1, 0.15) is 39.4 Å². The first kappa shape index (κ1) is 17.8. The zero-order valence-electron chi connectivity index (χ0n) is 15.5. The number of amides is 2. The quantitative estimate of drug-likeness (QED) is 0.842. The van der Waals surface area contributed by atoms with Crippen molar-refractivity contribution in [2.75, 3.05) is 19.6 Å². The smallest absolute Gasteiger partial charge is 0.241 e. The Morgan fingerprint density at radius 1 is 1.36 bits per heavy atom. The van der Waals surface area contributed by atoms with Crippen LogP contribution in [0.15, 0.2) is 0 Å². The maximum atomic E-state index is 12.5. The summed E-state index contributed by atoms with van der Waals surface area (Å²) in [4.78, 5) is 26.7. The van der Waals surface area contributed by atoms with Crippen LogP contribution in [-0.2, 0) is 16.1 Å². The summed E-state index contributed by atoms with van der Waals surface area (Å²) in [5.74, 6) is 1.80. The van der Waals surface area contributed by atoms with E-state index in [4.69, 9.17) is 0 Å². The minimum Gasteiger partial charge on any atom is -0.354 e. The van der Waals surface area contributed by atoms with Crippen LogP contribution in [0.25, 0.3) is 0 Å². The molecule has 2 aliphatic rings. The Labute approximate surface area is 148 Å². The van der Waals surface area contributed by atoms with Gasteiger partial charge in [-0.2, -0.15) is 0 Å². The fourth-order valence-electron chi connectivity index (χ4n) is 3.50. The van der Waals surface area contributed by atoms with Gasteiger partial charge in [0.25, 0.3) is 0 Å². The molecular weight excluding hydrogens is 320 g/mol. The minimum atomic E-state index is -0.106. The Hall–Kier alpha value is -1.99. The highest BCUT2D eigenvalue weighted by Gasteiger charge is 2.44. The molecular formula is C17H28N6O2. The van der Waals surface area contributed by atoms with E-state index in [0.717, 1.165) is 25.9 Å². The van der Waals surface area contributed by atoms with Crippen LogP contribution >= 0.6 is 0 Å². The zero-order valence-corrected chi connectivity index (χ0v) is 15.5. The van der Waals surface area contributed by atoms with Gasteiger partial charge in [-0.3, -0.25) is 9.59 Å². The fourth-order valence-corrected chi connectivity index (χ4v) is 3.50. The van der Waals surface area contributed by atoms with Gasteiger partial charge in [0.1, 0.15) is 12.4 Å². The van der Waals surface area contributed by atoms with Crippen molar-refractivity contribution in [2.45, 2.75) is 47.1 Å². The standard InChI is InChI=1S/C17H28N6O2/c1-11-7-14(11)16(25)22-6-5-17(3,4)13(9-22)8-18-15(24)10-23-12(2)19-20-21-23/h11,13-14H,5-10H2,1-4H3,(H,18,24)/t11-,13?,14-/m1/s1. The van der Waals surface area contributed by atoms with Crippen molar-refractivity contribution in [1.29, 1.82) is 0 Å². The molecule has 1 aliphatic carbocycles. The largest absolute Gasteiger partial charge is 0.354 e. The van der Waals surface area contributed by atoms with Gasteiger partial charge in [-0.05, 0) is 47.4 Å². The van der Waals surface area contributed by atoms with E-state index in [9.17, 15) is 9.59 Å². The van der Waals surface area contributed by atoms with Gasteiger partial charge < -0.3 is 10.2 Å². The van der Waals surface area contributed by atoms with E-state index in [1.54, 1.807) is 6.92 Å². The number of aryl methyl sites for hydroxylation is 1.